The number of carboxylic acid groups (broad SMARTS) is 2. The molecule has 0 aliphatic heterocycles. The quantitative estimate of drug-likeness (QED) is 0.366. The van der Waals surface area contributed by atoms with E-state index in [0.717, 1.165) is 16.7 Å². The van der Waals surface area contributed by atoms with Gasteiger partial charge in [-0.05, 0) is 18.4 Å². The van der Waals surface area contributed by atoms with E-state index in [1.54, 1.807) is 30.3 Å². The number of hydrogen-bond donors (Lipinski definition) is 3. The lowest BCUT2D eigenvalue weighted by Crippen LogP contribution is -2.53. The van der Waals surface area contributed by atoms with Crippen molar-refractivity contribution >= 4 is 24.1 Å². The van der Waals surface area contributed by atoms with Crippen LogP contribution in [0.15, 0.2) is 30.3 Å². The number of rotatable bonds is 12. The summed E-state index contributed by atoms with van der Waals surface area (Å²) in [6, 6.07) is 6.34. The van der Waals surface area contributed by atoms with Gasteiger partial charge in [0.1, 0.15) is 12.3 Å². The highest BCUT2D eigenvalue weighted by Crippen LogP contribution is 2.13. The maximum absolute atomic E-state index is 12.6. The van der Waals surface area contributed by atoms with E-state index in [9.17, 15) is 24.3 Å². The Hall–Kier alpha value is -2.74. The van der Waals surface area contributed by atoms with Gasteiger partial charge in [-0.1, -0.05) is 30.3 Å². The summed E-state index contributed by atoms with van der Waals surface area (Å²) in [6.45, 7) is 0.0871. The van der Waals surface area contributed by atoms with E-state index in [2.05, 4.69) is 0 Å². The summed E-state index contributed by atoms with van der Waals surface area (Å²) in [5.74, 6) is -3.15. The van der Waals surface area contributed by atoms with Crippen LogP contribution in [0, 0.1) is 0 Å². The van der Waals surface area contributed by atoms with Crippen molar-refractivity contribution in [2.24, 2.45) is 5.73 Å². The smallest absolute Gasteiger partial charge is 0.326 e. The fraction of sp³-hybridized carbons (Fsp3) is 0.444. The molecule has 0 bridgehead atoms. The molecule has 1 aromatic rings. The van der Waals surface area contributed by atoms with Crippen molar-refractivity contribution in [3.8, 4) is 0 Å². The summed E-state index contributed by atoms with van der Waals surface area (Å²) in [4.78, 5) is 46.7. The molecule has 0 spiro atoms. The van der Waals surface area contributed by atoms with Crippen LogP contribution in [0.4, 0.5) is 0 Å². The van der Waals surface area contributed by atoms with E-state index in [4.69, 9.17) is 10.8 Å². The molecule has 1 amide bonds. The molecule has 8 nitrogen and oxygen atoms in total. The lowest BCUT2D eigenvalue weighted by Gasteiger charge is -2.31. The molecule has 0 heterocycles. The molecular weight excluding hydrogens is 340 g/mol. The number of amides is 1. The van der Waals surface area contributed by atoms with Crippen molar-refractivity contribution < 1.29 is 29.4 Å². The molecule has 0 aromatic heterocycles. The van der Waals surface area contributed by atoms with Crippen LogP contribution in [0.2, 0.25) is 0 Å². The number of hydrogen-bond acceptors (Lipinski definition) is 5. The van der Waals surface area contributed by atoms with Crippen molar-refractivity contribution in [2.75, 3.05) is 6.54 Å². The average Bonchev–Trinajstić information content (AvgIpc) is 2.60. The third-order valence-electron chi connectivity index (χ3n) is 3.90. The van der Waals surface area contributed by atoms with Crippen molar-refractivity contribution in [2.45, 2.75) is 44.2 Å². The molecule has 0 aliphatic carbocycles. The summed E-state index contributed by atoms with van der Waals surface area (Å²) in [7, 11) is 0. The Bertz CT molecular complexity index is 619. The van der Waals surface area contributed by atoms with Crippen LogP contribution in [0.25, 0.3) is 0 Å². The van der Waals surface area contributed by atoms with Gasteiger partial charge in [-0.15, -0.1) is 0 Å². The maximum Gasteiger partial charge on any atom is 0.326 e. The van der Waals surface area contributed by atoms with Crippen LogP contribution in [0.1, 0.15) is 31.2 Å². The number of nitrogens with zero attached hydrogens (tertiary/aromatic N) is 1. The second-order valence-electron chi connectivity index (χ2n) is 5.94. The standard InChI is InChI=1S/C18H24N2O6/c19-14(12-16(22)23)17(24)20(9-5-2-6-10-21)15(18(25)26)11-13-7-3-1-4-8-13/h1,3-4,7-8,10,14-15H,2,5-6,9,11-12,19H2,(H,22,23)(H,25,26)/t14-,15-/m0/s1. The van der Waals surface area contributed by atoms with Crippen LogP contribution in [-0.4, -0.2) is 57.9 Å². The van der Waals surface area contributed by atoms with Gasteiger partial charge in [-0.2, -0.15) is 0 Å². The normalized spacial score (nSPS) is 12.8. The fourth-order valence-corrected chi connectivity index (χ4v) is 2.59. The number of carbonyl (C=O) groups excluding carboxylic acids is 2. The Labute approximate surface area is 151 Å². The van der Waals surface area contributed by atoms with Gasteiger partial charge in [0, 0.05) is 19.4 Å². The van der Waals surface area contributed by atoms with Gasteiger partial charge in [0.05, 0.1) is 12.5 Å². The van der Waals surface area contributed by atoms with Gasteiger partial charge in [0.25, 0.3) is 0 Å². The number of aldehydes is 1. The van der Waals surface area contributed by atoms with Crippen molar-refractivity contribution in [1.82, 2.24) is 4.90 Å². The van der Waals surface area contributed by atoms with Gasteiger partial charge < -0.3 is 25.6 Å². The summed E-state index contributed by atoms with van der Waals surface area (Å²) < 4.78 is 0. The first-order chi connectivity index (χ1) is 12.4. The van der Waals surface area contributed by atoms with Gasteiger partial charge in [-0.3, -0.25) is 9.59 Å². The lowest BCUT2D eigenvalue weighted by molar-refractivity contribution is -0.151. The van der Waals surface area contributed by atoms with E-state index in [1.807, 2.05) is 0 Å². The van der Waals surface area contributed by atoms with Gasteiger partial charge >= 0.3 is 11.9 Å². The number of benzene rings is 1. The molecule has 0 fully saturated rings. The molecule has 4 N–H and O–H groups in total. The third kappa shape index (κ3) is 7.02. The number of carboxylic acids is 2. The topological polar surface area (TPSA) is 138 Å². The predicted molar refractivity (Wildman–Crippen MR) is 93.4 cm³/mol. The lowest BCUT2D eigenvalue weighted by atomic mass is 10.0. The monoisotopic (exact) mass is 364 g/mol. The number of nitrogens with two attached hydrogens (primary N) is 1. The molecule has 0 saturated heterocycles. The Morgan fingerprint density at radius 3 is 2.31 bits per heavy atom. The maximum atomic E-state index is 12.6. The highest BCUT2D eigenvalue weighted by atomic mass is 16.4. The Balaban J connectivity index is 2.99. The molecule has 0 unspecified atom stereocenters. The first-order valence-corrected chi connectivity index (χ1v) is 8.35. The zero-order chi connectivity index (χ0) is 19.5. The Morgan fingerprint density at radius 2 is 1.77 bits per heavy atom. The van der Waals surface area contributed by atoms with Crippen molar-refractivity contribution in [3.63, 3.8) is 0 Å². The van der Waals surface area contributed by atoms with E-state index in [1.165, 1.54) is 0 Å². The zero-order valence-corrected chi connectivity index (χ0v) is 14.4. The molecule has 8 heteroatoms. The van der Waals surface area contributed by atoms with Crippen molar-refractivity contribution in [1.29, 1.82) is 0 Å². The van der Waals surface area contributed by atoms with Crippen LogP contribution in [0.3, 0.4) is 0 Å². The highest BCUT2D eigenvalue weighted by molar-refractivity contribution is 5.89. The minimum atomic E-state index is -1.32. The number of carbonyl (C=O) groups is 4. The number of aliphatic carboxylic acids is 2. The Morgan fingerprint density at radius 1 is 1.12 bits per heavy atom. The summed E-state index contributed by atoms with van der Waals surface area (Å²) in [5.41, 5.74) is 6.39. The van der Waals surface area contributed by atoms with E-state index < -0.39 is 36.4 Å². The minimum absolute atomic E-state index is 0.0788. The highest BCUT2D eigenvalue weighted by Gasteiger charge is 2.33. The Kier molecular flexibility index (Phi) is 9.00. The summed E-state index contributed by atoms with van der Waals surface area (Å²) in [5, 5.41) is 18.5. The average molecular weight is 364 g/mol. The van der Waals surface area contributed by atoms with Crippen LogP contribution >= 0.6 is 0 Å². The minimum Gasteiger partial charge on any atom is -0.481 e. The molecule has 0 aliphatic rings. The van der Waals surface area contributed by atoms with Gasteiger partial charge in [0.15, 0.2) is 0 Å². The second kappa shape index (κ2) is 11.0. The molecule has 0 radical (unpaired) electrons. The third-order valence-corrected chi connectivity index (χ3v) is 3.90. The fourth-order valence-electron chi connectivity index (χ4n) is 2.59. The molecule has 1 aromatic carbocycles. The van der Waals surface area contributed by atoms with E-state index in [-0.39, 0.29) is 13.0 Å². The van der Waals surface area contributed by atoms with Crippen LogP contribution in [0.5, 0.6) is 0 Å². The summed E-state index contributed by atoms with van der Waals surface area (Å²) in [6.07, 6.45) is 1.47. The molecular formula is C18H24N2O6. The zero-order valence-electron chi connectivity index (χ0n) is 14.4. The molecule has 0 saturated carbocycles. The SMILES string of the molecule is N[C@@H](CC(=O)O)C(=O)N(CCCCC=O)[C@@H](Cc1ccccc1)C(=O)O. The molecule has 26 heavy (non-hydrogen) atoms. The van der Waals surface area contributed by atoms with Crippen molar-refractivity contribution in [3.05, 3.63) is 35.9 Å². The molecule has 2 atom stereocenters. The number of unbranched alkanes of at least 4 members (excludes halogenated alkanes) is 2. The van der Waals surface area contributed by atoms with E-state index >= 15 is 0 Å². The second-order valence-corrected chi connectivity index (χ2v) is 5.94. The first kappa shape index (κ1) is 21.3. The van der Waals surface area contributed by atoms with Gasteiger partial charge in [-0.25, -0.2) is 4.79 Å². The van der Waals surface area contributed by atoms with Crippen LogP contribution < -0.4 is 5.73 Å². The van der Waals surface area contributed by atoms with E-state index in [0.29, 0.717) is 19.3 Å². The van der Waals surface area contributed by atoms with Gasteiger partial charge in [0.2, 0.25) is 5.91 Å². The molecule has 142 valence electrons. The molecule has 1 rings (SSSR count). The first-order valence-electron chi connectivity index (χ1n) is 8.35. The summed E-state index contributed by atoms with van der Waals surface area (Å²) >= 11 is 0. The predicted octanol–water partition coefficient (Wildman–Crippen LogP) is 0.682. The van der Waals surface area contributed by atoms with Crippen LogP contribution in [-0.2, 0) is 25.6 Å². The largest absolute Gasteiger partial charge is 0.481 e.